The lowest BCUT2D eigenvalue weighted by Crippen LogP contribution is -2.10. The van der Waals surface area contributed by atoms with Crippen molar-refractivity contribution in [3.63, 3.8) is 0 Å². The van der Waals surface area contributed by atoms with Gasteiger partial charge in [0.2, 0.25) is 0 Å². The number of thioether (sulfide) groups is 1. The Kier molecular flexibility index (Phi) is 6.06. The van der Waals surface area contributed by atoms with Crippen LogP contribution in [0.2, 0.25) is 5.02 Å². The number of aliphatic carboxylic acids is 1. The molecule has 9 heteroatoms. The molecule has 0 radical (unpaired) electrons. The highest BCUT2D eigenvalue weighted by Gasteiger charge is 2.33. The van der Waals surface area contributed by atoms with E-state index in [1.54, 1.807) is 24.3 Å². The van der Waals surface area contributed by atoms with Gasteiger partial charge in [-0.3, -0.25) is 4.79 Å². The van der Waals surface area contributed by atoms with Gasteiger partial charge in [0.25, 0.3) is 0 Å². The monoisotopic (exact) mass is 376 g/mol. The molecule has 1 aromatic heterocycles. The fraction of sp³-hybridized carbons (Fsp3) is 0.267. The summed E-state index contributed by atoms with van der Waals surface area (Å²) < 4.78 is 39.1. The van der Waals surface area contributed by atoms with Crippen molar-refractivity contribution in [1.29, 1.82) is 0 Å². The summed E-state index contributed by atoms with van der Waals surface area (Å²) in [7, 11) is 0. The van der Waals surface area contributed by atoms with Crippen LogP contribution in [0.25, 0.3) is 11.3 Å². The van der Waals surface area contributed by atoms with Crippen LogP contribution in [0.1, 0.15) is 18.5 Å². The number of nitrogens with zero attached hydrogens (tertiary/aromatic N) is 2. The number of hydrogen-bond donors (Lipinski definition) is 1. The summed E-state index contributed by atoms with van der Waals surface area (Å²) in [5.41, 5.74) is -0.419. The number of benzene rings is 1. The molecule has 1 aromatic carbocycles. The molecule has 0 saturated heterocycles. The maximum atomic E-state index is 13.0. The molecule has 0 amide bonds. The van der Waals surface area contributed by atoms with Gasteiger partial charge in [0.15, 0.2) is 5.16 Å². The number of halogens is 4. The number of carboxylic acid groups (broad SMARTS) is 1. The minimum Gasteiger partial charge on any atom is -0.481 e. The third kappa shape index (κ3) is 5.38. The summed E-state index contributed by atoms with van der Waals surface area (Å²) in [4.78, 5) is 18.1. The average molecular weight is 377 g/mol. The highest BCUT2D eigenvalue weighted by atomic mass is 35.5. The number of carbonyl (C=O) groups is 1. The molecular weight excluding hydrogens is 365 g/mol. The van der Waals surface area contributed by atoms with E-state index in [0.29, 0.717) is 22.8 Å². The van der Waals surface area contributed by atoms with Crippen LogP contribution in [0.3, 0.4) is 0 Å². The molecule has 0 aliphatic rings. The Morgan fingerprint density at radius 1 is 1.21 bits per heavy atom. The van der Waals surface area contributed by atoms with E-state index in [1.807, 2.05) is 0 Å². The Balaban J connectivity index is 2.28. The van der Waals surface area contributed by atoms with Crippen LogP contribution < -0.4 is 0 Å². The Labute approximate surface area is 145 Å². The van der Waals surface area contributed by atoms with Gasteiger partial charge >= 0.3 is 12.1 Å². The lowest BCUT2D eigenvalue weighted by Gasteiger charge is -2.10. The molecule has 0 aliphatic carbocycles. The van der Waals surface area contributed by atoms with E-state index in [4.69, 9.17) is 16.7 Å². The van der Waals surface area contributed by atoms with E-state index in [9.17, 15) is 18.0 Å². The van der Waals surface area contributed by atoms with Crippen LogP contribution in [0.15, 0.2) is 35.5 Å². The first kappa shape index (κ1) is 18.5. The van der Waals surface area contributed by atoms with Crippen molar-refractivity contribution in [3.05, 3.63) is 41.0 Å². The van der Waals surface area contributed by atoms with Crippen LogP contribution in [-0.4, -0.2) is 26.8 Å². The van der Waals surface area contributed by atoms with E-state index in [-0.39, 0.29) is 17.3 Å². The van der Waals surface area contributed by atoms with Crippen molar-refractivity contribution in [3.8, 4) is 11.3 Å². The Morgan fingerprint density at radius 2 is 1.88 bits per heavy atom. The number of aromatic nitrogens is 2. The quantitative estimate of drug-likeness (QED) is 0.447. The van der Waals surface area contributed by atoms with Crippen molar-refractivity contribution >= 4 is 29.3 Å². The van der Waals surface area contributed by atoms with Crippen molar-refractivity contribution in [1.82, 2.24) is 9.97 Å². The lowest BCUT2D eigenvalue weighted by atomic mass is 10.1. The van der Waals surface area contributed by atoms with Crippen molar-refractivity contribution in [2.75, 3.05) is 5.75 Å². The van der Waals surface area contributed by atoms with E-state index < -0.39 is 17.8 Å². The van der Waals surface area contributed by atoms with E-state index in [2.05, 4.69) is 9.97 Å². The first-order chi connectivity index (χ1) is 11.3. The summed E-state index contributed by atoms with van der Waals surface area (Å²) in [6, 6.07) is 7.15. The summed E-state index contributed by atoms with van der Waals surface area (Å²) in [6.45, 7) is 0. The van der Waals surface area contributed by atoms with Crippen LogP contribution in [0, 0.1) is 0 Å². The molecule has 0 bridgehead atoms. The van der Waals surface area contributed by atoms with E-state index >= 15 is 0 Å². The van der Waals surface area contributed by atoms with E-state index in [1.165, 1.54) is 0 Å². The Morgan fingerprint density at radius 3 is 2.46 bits per heavy atom. The number of rotatable bonds is 6. The van der Waals surface area contributed by atoms with Gasteiger partial charge in [-0.1, -0.05) is 35.5 Å². The third-order valence-corrected chi connectivity index (χ3v) is 4.09. The zero-order valence-electron chi connectivity index (χ0n) is 12.2. The van der Waals surface area contributed by atoms with Gasteiger partial charge in [-0.05, 0) is 24.6 Å². The molecule has 0 fully saturated rings. The zero-order valence-corrected chi connectivity index (χ0v) is 13.8. The topological polar surface area (TPSA) is 63.1 Å². The van der Waals surface area contributed by atoms with Crippen LogP contribution >= 0.6 is 23.4 Å². The second kappa shape index (κ2) is 7.85. The molecule has 24 heavy (non-hydrogen) atoms. The molecule has 2 rings (SSSR count). The molecule has 1 N–H and O–H groups in total. The standard InChI is InChI=1S/C15H12ClF3N2O2S/c16-10-5-3-9(4-6-10)11-8-12(15(17,18)19)21-14(20-11)24-7-1-2-13(22)23/h3-6,8H,1-2,7H2,(H,22,23). The van der Waals surface area contributed by atoms with Crippen molar-refractivity contribution < 1.29 is 23.1 Å². The molecule has 0 atom stereocenters. The van der Waals surface area contributed by atoms with Crippen LogP contribution in [-0.2, 0) is 11.0 Å². The molecule has 0 unspecified atom stereocenters. The summed E-state index contributed by atoms with van der Waals surface area (Å²) in [5.74, 6) is -0.643. The molecule has 0 aliphatic heterocycles. The van der Waals surface area contributed by atoms with Crippen molar-refractivity contribution in [2.45, 2.75) is 24.2 Å². The fourth-order valence-electron chi connectivity index (χ4n) is 1.79. The molecule has 1 heterocycles. The molecule has 0 saturated carbocycles. The van der Waals surface area contributed by atoms with Crippen LogP contribution in [0.5, 0.6) is 0 Å². The normalized spacial score (nSPS) is 11.5. The number of alkyl halides is 3. The van der Waals surface area contributed by atoms with E-state index in [0.717, 1.165) is 17.8 Å². The highest BCUT2D eigenvalue weighted by Crippen LogP contribution is 2.32. The molecule has 0 spiro atoms. The number of hydrogen-bond acceptors (Lipinski definition) is 4. The molecule has 4 nitrogen and oxygen atoms in total. The summed E-state index contributed by atoms with van der Waals surface area (Å²) in [5, 5.41) is 9.00. The van der Waals surface area contributed by atoms with Gasteiger partial charge < -0.3 is 5.11 Å². The average Bonchev–Trinajstić information content (AvgIpc) is 2.51. The third-order valence-electron chi connectivity index (χ3n) is 2.90. The van der Waals surface area contributed by atoms with Crippen LogP contribution in [0.4, 0.5) is 13.2 Å². The van der Waals surface area contributed by atoms with Gasteiger partial charge in [0, 0.05) is 22.8 Å². The summed E-state index contributed by atoms with van der Waals surface area (Å²) in [6.07, 6.45) is -4.34. The lowest BCUT2D eigenvalue weighted by molar-refractivity contribution is -0.141. The highest BCUT2D eigenvalue weighted by molar-refractivity contribution is 7.99. The molecular formula is C15H12ClF3N2O2S. The largest absolute Gasteiger partial charge is 0.481 e. The first-order valence-corrected chi connectivity index (χ1v) is 8.19. The van der Waals surface area contributed by atoms with Crippen molar-refractivity contribution in [2.24, 2.45) is 0 Å². The maximum absolute atomic E-state index is 13.0. The second-order valence-electron chi connectivity index (χ2n) is 4.77. The predicted molar refractivity (Wildman–Crippen MR) is 85.1 cm³/mol. The SMILES string of the molecule is O=C(O)CCCSc1nc(-c2ccc(Cl)cc2)cc(C(F)(F)F)n1. The zero-order chi connectivity index (χ0) is 17.7. The minimum atomic E-state index is -4.60. The van der Waals surface area contributed by atoms with Gasteiger partial charge in [-0.15, -0.1) is 0 Å². The second-order valence-corrected chi connectivity index (χ2v) is 6.27. The smallest absolute Gasteiger partial charge is 0.433 e. The van der Waals surface area contributed by atoms with Gasteiger partial charge in [0.05, 0.1) is 5.69 Å². The maximum Gasteiger partial charge on any atom is 0.433 e. The Bertz CT molecular complexity index is 724. The van der Waals surface area contributed by atoms with Gasteiger partial charge in [-0.25, -0.2) is 9.97 Å². The first-order valence-electron chi connectivity index (χ1n) is 6.82. The Hall–Kier alpha value is -1.80. The fourth-order valence-corrected chi connectivity index (χ4v) is 2.71. The minimum absolute atomic E-state index is 0.0415. The van der Waals surface area contributed by atoms with Gasteiger partial charge in [-0.2, -0.15) is 13.2 Å². The van der Waals surface area contributed by atoms with Gasteiger partial charge in [0.1, 0.15) is 5.69 Å². The summed E-state index contributed by atoms with van der Waals surface area (Å²) >= 11 is 6.77. The number of carboxylic acids is 1. The predicted octanol–water partition coefficient (Wildman–Crippen LogP) is 4.77. The molecule has 2 aromatic rings. The molecule has 128 valence electrons.